The van der Waals surface area contributed by atoms with Crippen molar-refractivity contribution in [1.82, 2.24) is 15.5 Å². The number of halogens is 1. The third-order valence-electron chi connectivity index (χ3n) is 3.67. The molecule has 0 spiro atoms. The van der Waals surface area contributed by atoms with Crippen LogP contribution in [0, 0.1) is 5.92 Å². The normalized spacial score (nSPS) is 17.8. The van der Waals surface area contributed by atoms with Gasteiger partial charge in [-0.1, -0.05) is 0 Å². The van der Waals surface area contributed by atoms with E-state index in [1.807, 2.05) is 13.8 Å². The average molecular weight is 456 g/mol. The molecule has 0 aromatic rings. The first-order valence-corrected chi connectivity index (χ1v) is 8.38. The smallest absolute Gasteiger partial charge is 0.221 e. The van der Waals surface area contributed by atoms with Gasteiger partial charge in [0.25, 0.3) is 0 Å². The van der Waals surface area contributed by atoms with Gasteiger partial charge in [-0.05, 0) is 20.3 Å². The molecule has 1 unspecified atom stereocenters. The first-order valence-electron chi connectivity index (χ1n) is 8.38. The highest BCUT2D eigenvalue weighted by atomic mass is 127. The van der Waals surface area contributed by atoms with Crippen molar-refractivity contribution in [2.24, 2.45) is 10.9 Å². The van der Waals surface area contributed by atoms with Crippen LogP contribution in [0.15, 0.2) is 4.99 Å². The number of carbonyl (C=O) groups excluding carboxylic acids is 1. The number of likely N-dealkylation sites (tertiary alicyclic amines) is 1. The summed E-state index contributed by atoms with van der Waals surface area (Å²) in [6.45, 7) is 8.46. The number of carbonyl (C=O) groups is 1. The number of nitrogens with zero attached hydrogens (tertiary/aromatic N) is 2. The highest BCUT2D eigenvalue weighted by molar-refractivity contribution is 14.0. The molecule has 1 fully saturated rings. The zero-order valence-corrected chi connectivity index (χ0v) is 17.7. The van der Waals surface area contributed by atoms with Gasteiger partial charge in [0.15, 0.2) is 5.96 Å². The van der Waals surface area contributed by atoms with Crippen LogP contribution in [0.4, 0.5) is 0 Å². The van der Waals surface area contributed by atoms with Crippen LogP contribution in [0.1, 0.15) is 26.7 Å². The summed E-state index contributed by atoms with van der Waals surface area (Å²) in [4.78, 5) is 18.2. The summed E-state index contributed by atoms with van der Waals surface area (Å²) in [5.74, 6) is 1.45. The molecule has 0 saturated carbocycles. The molecule has 2 N–H and O–H groups in total. The first kappa shape index (κ1) is 23.4. The van der Waals surface area contributed by atoms with E-state index in [1.54, 1.807) is 14.2 Å². The number of methoxy groups -OCH3 is 1. The molecule has 1 saturated heterocycles. The molecule has 7 nitrogen and oxygen atoms in total. The van der Waals surface area contributed by atoms with Gasteiger partial charge >= 0.3 is 0 Å². The van der Waals surface area contributed by atoms with Gasteiger partial charge in [-0.15, -0.1) is 24.0 Å². The molecule has 8 heteroatoms. The number of guanidine groups is 1. The van der Waals surface area contributed by atoms with E-state index in [0.717, 1.165) is 32.1 Å². The molecule has 1 atom stereocenters. The topological polar surface area (TPSA) is 75.2 Å². The third kappa shape index (κ3) is 9.63. The van der Waals surface area contributed by atoms with Gasteiger partial charge in [-0.3, -0.25) is 9.79 Å². The highest BCUT2D eigenvalue weighted by Gasteiger charge is 2.24. The van der Waals surface area contributed by atoms with Crippen molar-refractivity contribution in [1.29, 1.82) is 0 Å². The Kier molecular flexibility index (Phi) is 13.3. The maximum atomic E-state index is 11.6. The predicted octanol–water partition coefficient (Wildman–Crippen LogP) is 1.08. The second kappa shape index (κ2) is 13.7. The number of ether oxygens (including phenoxy) is 2. The van der Waals surface area contributed by atoms with Crippen molar-refractivity contribution in [3.8, 4) is 0 Å². The van der Waals surface area contributed by atoms with Gasteiger partial charge in [-0.2, -0.15) is 0 Å². The molecule has 0 aromatic heterocycles. The highest BCUT2D eigenvalue weighted by Crippen LogP contribution is 2.16. The summed E-state index contributed by atoms with van der Waals surface area (Å²) in [5.41, 5.74) is 0. The van der Waals surface area contributed by atoms with Gasteiger partial charge in [0, 0.05) is 52.2 Å². The lowest BCUT2D eigenvalue weighted by Gasteiger charge is -2.21. The number of amides is 1. The van der Waals surface area contributed by atoms with Crippen LogP contribution in [-0.2, 0) is 14.3 Å². The minimum Gasteiger partial charge on any atom is -0.382 e. The van der Waals surface area contributed by atoms with Crippen LogP contribution < -0.4 is 10.6 Å². The van der Waals surface area contributed by atoms with Crippen molar-refractivity contribution in [2.45, 2.75) is 32.7 Å². The summed E-state index contributed by atoms with van der Waals surface area (Å²) < 4.78 is 10.6. The van der Waals surface area contributed by atoms with Gasteiger partial charge in [0.2, 0.25) is 5.91 Å². The second-order valence-electron chi connectivity index (χ2n) is 6.11. The quantitative estimate of drug-likeness (QED) is 0.235. The Morgan fingerprint density at radius 3 is 2.75 bits per heavy atom. The molecule has 0 radical (unpaired) electrons. The van der Waals surface area contributed by atoms with Crippen molar-refractivity contribution in [3.05, 3.63) is 0 Å². The SMILES string of the molecule is CN=C(NCCC(=O)NC(C)C)N1CCC(COCCOC)C1.I. The summed E-state index contributed by atoms with van der Waals surface area (Å²) >= 11 is 0. The van der Waals surface area contributed by atoms with Gasteiger partial charge in [0.05, 0.1) is 19.8 Å². The standard InChI is InChI=1S/C16H32N4O3.HI/c1-13(2)19-15(21)5-7-18-16(17-3)20-8-6-14(11-20)12-23-10-9-22-4;/h13-14H,5-12H2,1-4H3,(H,17,18)(H,19,21);1H. The van der Waals surface area contributed by atoms with Crippen molar-refractivity contribution in [2.75, 3.05) is 53.6 Å². The largest absolute Gasteiger partial charge is 0.382 e. The number of hydrogen-bond acceptors (Lipinski definition) is 4. The lowest BCUT2D eigenvalue weighted by molar-refractivity contribution is -0.121. The Labute approximate surface area is 162 Å². The molecule has 0 aromatic carbocycles. The molecule has 1 amide bonds. The molecule has 1 aliphatic heterocycles. The van der Waals surface area contributed by atoms with E-state index >= 15 is 0 Å². The minimum atomic E-state index is 0. The lowest BCUT2D eigenvalue weighted by atomic mass is 10.1. The summed E-state index contributed by atoms with van der Waals surface area (Å²) in [6.07, 6.45) is 1.55. The van der Waals surface area contributed by atoms with Crippen molar-refractivity contribution < 1.29 is 14.3 Å². The maximum Gasteiger partial charge on any atom is 0.221 e. The average Bonchev–Trinajstić information content (AvgIpc) is 2.96. The van der Waals surface area contributed by atoms with Crippen LogP contribution in [0.5, 0.6) is 0 Å². The summed E-state index contributed by atoms with van der Waals surface area (Å²) in [5, 5.41) is 6.15. The Balaban J connectivity index is 0.00000529. The summed E-state index contributed by atoms with van der Waals surface area (Å²) in [7, 11) is 3.46. The Morgan fingerprint density at radius 1 is 1.38 bits per heavy atom. The van der Waals surface area contributed by atoms with Crippen molar-refractivity contribution in [3.63, 3.8) is 0 Å². The molecule has 142 valence electrons. The Morgan fingerprint density at radius 2 is 2.12 bits per heavy atom. The van der Waals surface area contributed by atoms with E-state index in [-0.39, 0.29) is 35.9 Å². The molecule has 1 rings (SSSR count). The zero-order chi connectivity index (χ0) is 17.1. The van der Waals surface area contributed by atoms with E-state index in [2.05, 4.69) is 20.5 Å². The molecular weight excluding hydrogens is 423 g/mol. The van der Waals surface area contributed by atoms with Crippen LogP contribution in [0.25, 0.3) is 0 Å². The second-order valence-corrected chi connectivity index (χ2v) is 6.11. The van der Waals surface area contributed by atoms with Crippen LogP contribution >= 0.6 is 24.0 Å². The van der Waals surface area contributed by atoms with Gasteiger partial charge in [0.1, 0.15) is 0 Å². The van der Waals surface area contributed by atoms with E-state index in [9.17, 15) is 4.79 Å². The molecule has 0 bridgehead atoms. The van der Waals surface area contributed by atoms with Crippen LogP contribution in [0.3, 0.4) is 0 Å². The van der Waals surface area contributed by atoms with Crippen molar-refractivity contribution >= 4 is 35.8 Å². The fourth-order valence-electron chi connectivity index (χ4n) is 2.57. The molecular formula is C16H33IN4O3. The van der Waals surface area contributed by atoms with E-state index in [4.69, 9.17) is 9.47 Å². The van der Waals surface area contributed by atoms with E-state index in [1.165, 1.54) is 0 Å². The Bertz CT molecular complexity index is 380. The van der Waals surface area contributed by atoms with Crippen LogP contribution in [-0.4, -0.2) is 76.4 Å². The number of nitrogens with one attached hydrogen (secondary N) is 2. The number of hydrogen-bond donors (Lipinski definition) is 2. The Hall–Kier alpha value is -0.610. The van der Waals surface area contributed by atoms with Gasteiger partial charge < -0.3 is 25.0 Å². The molecule has 0 aliphatic carbocycles. The minimum absolute atomic E-state index is 0. The number of aliphatic imine (C=N–C) groups is 1. The lowest BCUT2D eigenvalue weighted by Crippen LogP contribution is -2.42. The number of rotatable bonds is 9. The fourth-order valence-corrected chi connectivity index (χ4v) is 2.57. The third-order valence-corrected chi connectivity index (χ3v) is 3.67. The summed E-state index contributed by atoms with van der Waals surface area (Å²) in [6, 6.07) is 0.180. The molecule has 1 aliphatic rings. The zero-order valence-electron chi connectivity index (χ0n) is 15.3. The fraction of sp³-hybridized carbons (Fsp3) is 0.875. The molecule has 24 heavy (non-hydrogen) atoms. The van der Waals surface area contributed by atoms with E-state index < -0.39 is 0 Å². The maximum absolute atomic E-state index is 11.6. The van der Waals surface area contributed by atoms with Crippen LogP contribution in [0.2, 0.25) is 0 Å². The van der Waals surface area contributed by atoms with Gasteiger partial charge in [-0.25, -0.2) is 0 Å². The monoisotopic (exact) mass is 456 g/mol. The predicted molar refractivity (Wildman–Crippen MR) is 107 cm³/mol. The van der Waals surface area contributed by atoms with E-state index in [0.29, 0.717) is 32.1 Å². The molecule has 1 heterocycles. The first-order chi connectivity index (χ1) is 11.1.